The minimum absolute atomic E-state index is 0.662. The van der Waals surface area contributed by atoms with Crippen molar-refractivity contribution in [3.8, 4) is 0 Å². The van der Waals surface area contributed by atoms with Gasteiger partial charge in [-0.15, -0.1) is 0 Å². The van der Waals surface area contributed by atoms with Crippen LogP contribution in [0.2, 0.25) is 0 Å². The molecule has 0 aliphatic rings. The minimum atomic E-state index is 0.662. The average molecular weight is 136 g/mol. The van der Waals surface area contributed by atoms with Crippen molar-refractivity contribution < 1.29 is 9.21 Å². The van der Waals surface area contributed by atoms with Crippen molar-refractivity contribution >= 4 is 12.4 Å². The molecule has 0 aliphatic carbocycles. The number of rotatable bonds is 2. The summed E-state index contributed by atoms with van der Waals surface area (Å²) in [6.07, 6.45) is 4.05. The Labute approximate surface area is 59.2 Å². The molecule has 1 aromatic rings. The number of hydrogen-bond acceptors (Lipinski definition) is 2. The third kappa shape index (κ3) is 1.58. The van der Waals surface area contributed by atoms with Gasteiger partial charge in [0.2, 0.25) is 0 Å². The van der Waals surface area contributed by atoms with Gasteiger partial charge in [0.1, 0.15) is 12.0 Å². The molecule has 0 aliphatic heterocycles. The molecule has 2 nitrogen and oxygen atoms in total. The predicted molar refractivity (Wildman–Crippen MR) is 38.4 cm³/mol. The maximum atomic E-state index is 10.1. The van der Waals surface area contributed by atoms with Crippen molar-refractivity contribution in [1.29, 1.82) is 0 Å². The van der Waals surface area contributed by atoms with Crippen LogP contribution in [0.25, 0.3) is 6.08 Å². The Balaban J connectivity index is 2.80. The molecule has 1 aromatic heterocycles. The van der Waals surface area contributed by atoms with Crippen LogP contribution in [0, 0.1) is 0 Å². The third-order valence-corrected chi connectivity index (χ3v) is 1.10. The van der Waals surface area contributed by atoms with Crippen LogP contribution in [0.3, 0.4) is 0 Å². The van der Waals surface area contributed by atoms with Gasteiger partial charge in [0.15, 0.2) is 0 Å². The Hall–Kier alpha value is -1.31. The quantitative estimate of drug-likeness (QED) is 0.459. The predicted octanol–water partition coefficient (Wildman–Crippen LogP) is 1.88. The van der Waals surface area contributed by atoms with Crippen LogP contribution >= 0.6 is 0 Å². The van der Waals surface area contributed by atoms with Crippen molar-refractivity contribution in [2.75, 3.05) is 0 Å². The summed E-state index contributed by atoms with van der Waals surface area (Å²) in [4.78, 5) is 10.1. The van der Waals surface area contributed by atoms with Crippen LogP contribution in [0.1, 0.15) is 12.7 Å². The van der Waals surface area contributed by atoms with Crippen LogP contribution in [0.4, 0.5) is 0 Å². The lowest BCUT2D eigenvalue weighted by Crippen LogP contribution is -1.73. The average Bonchev–Trinajstić information content (AvgIpc) is 2.40. The fourth-order valence-corrected chi connectivity index (χ4v) is 0.632. The lowest BCUT2D eigenvalue weighted by molar-refractivity contribution is -0.104. The zero-order valence-corrected chi connectivity index (χ0v) is 5.70. The Bertz CT molecular complexity index is 232. The Kier molecular flexibility index (Phi) is 2.05. The Morgan fingerprint density at radius 3 is 3.00 bits per heavy atom. The van der Waals surface area contributed by atoms with E-state index in [0.29, 0.717) is 11.3 Å². The van der Waals surface area contributed by atoms with Crippen LogP contribution < -0.4 is 0 Å². The molecule has 1 heterocycles. The first-order valence-electron chi connectivity index (χ1n) is 3.00. The summed E-state index contributed by atoms with van der Waals surface area (Å²) in [6, 6.07) is 3.58. The summed E-state index contributed by atoms with van der Waals surface area (Å²) < 4.78 is 4.97. The first-order valence-corrected chi connectivity index (χ1v) is 3.00. The van der Waals surface area contributed by atoms with Crippen molar-refractivity contribution in [2.24, 2.45) is 0 Å². The maximum Gasteiger partial charge on any atom is 0.145 e. The van der Waals surface area contributed by atoms with E-state index in [2.05, 4.69) is 0 Å². The molecular formula is C8H8O2. The fourth-order valence-electron chi connectivity index (χ4n) is 0.632. The zero-order chi connectivity index (χ0) is 7.40. The summed E-state index contributed by atoms with van der Waals surface area (Å²) in [5.74, 6) is 0.713. The lowest BCUT2D eigenvalue weighted by Gasteiger charge is -1.83. The highest BCUT2D eigenvalue weighted by molar-refractivity contribution is 5.79. The Morgan fingerprint density at radius 2 is 2.50 bits per heavy atom. The molecule has 0 spiro atoms. The Morgan fingerprint density at radius 1 is 1.70 bits per heavy atom. The number of allylic oxidation sites excluding steroid dienone is 1. The highest BCUT2D eigenvalue weighted by Crippen LogP contribution is 2.04. The van der Waals surface area contributed by atoms with Crippen molar-refractivity contribution in [3.63, 3.8) is 0 Å². The van der Waals surface area contributed by atoms with Gasteiger partial charge in [-0.3, -0.25) is 4.79 Å². The van der Waals surface area contributed by atoms with Gasteiger partial charge in [-0.1, -0.05) is 0 Å². The van der Waals surface area contributed by atoms with Crippen LogP contribution in [0.15, 0.2) is 28.4 Å². The second-order valence-electron chi connectivity index (χ2n) is 2.02. The molecule has 0 radical (unpaired) electrons. The van der Waals surface area contributed by atoms with E-state index in [0.717, 1.165) is 6.29 Å². The summed E-state index contributed by atoms with van der Waals surface area (Å²) in [7, 11) is 0. The molecule has 0 amide bonds. The topological polar surface area (TPSA) is 30.2 Å². The molecule has 0 atom stereocenters. The minimum Gasteiger partial charge on any atom is -0.465 e. The molecule has 0 aromatic carbocycles. The van der Waals surface area contributed by atoms with Gasteiger partial charge in [-0.05, 0) is 30.7 Å². The van der Waals surface area contributed by atoms with E-state index >= 15 is 0 Å². The highest BCUT2D eigenvalue weighted by atomic mass is 16.3. The molecule has 0 bridgehead atoms. The number of furan rings is 1. The molecule has 0 saturated carbocycles. The second-order valence-corrected chi connectivity index (χ2v) is 2.02. The summed E-state index contributed by atoms with van der Waals surface area (Å²) in [5, 5.41) is 0. The molecule has 0 fully saturated rings. The van der Waals surface area contributed by atoms with E-state index in [1.165, 1.54) is 0 Å². The fraction of sp³-hybridized carbons (Fsp3) is 0.125. The molecule has 1 rings (SSSR count). The van der Waals surface area contributed by atoms with Crippen molar-refractivity contribution in [3.05, 3.63) is 29.7 Å². The largest absolute Gasteiger partial charge is 0.465 e. The first-order chi connectivity index (χ1) is 4.83. The van der Waals surface area contributed by atoms with Gasteiger partial charge in [0.05, 0.1) is 6.26 Å². The van der Waals surface area contributed by atoms with E-state index < -0.39 is 0 Å². The molecule has 10 heavy (non-hydrogen) atoms. The van der Waals surface area contributed by atoms with Crippen molar-refractivity contribution in [2.45, 2.75) is 6.92 Å². The monoisotopic (exact) mass is 136 g/mol. The van der Waals surface area contributed by atoms with Crippen LogP contribution in [0.5, 0.6) is 0 Å². The van der Waals surface area contributed by atoms with E-state index in [-0.39, 0.29) is 0 Å². The van der Waals surface area contributed by atoms with Gasteiger partial charge < -0.3 is 4.42 Å². The van der Waals surface area contributed by atoms with Gasteiger partial charge >= 0.3 is 0 Å². The smallest absolute Gasteiger partial charge is 0.145 e. The molecule has 0 N–H and O–H groups in total. The third-order valence-electron chi connectivity index (χ3n) is 1.10. The van der Waals surface area contributed by atoms with E-state index in [1.54, 1.807) is 31.4 Å². The number of hydrogen-bond donors (Lipinski definition) is 0. The van der Waals surface area contributed by atoms with Crippen LogP contribution in [-0.2, 0) is 4.79 Å². The zero-order valence-electron chi connectivity index (χ0n) is 5.70. The summed E-state index contributed by atoms with van der Waals surface area (Å²) >= 11 is 0. The van der Waals surface area contributed by atoms with Gasteiger partial charge in [-0.25, -0.2) is 0 Å². The summed E-state index contributed by atoms with van der Waals surface area (Å²) in [6.45, 7) is 1.73. The van der Waals surface area contributed by atoms with E-state index in [4.69, 9.17) is 4.42 Å². The van der Waals surface area contributed by atoms with Gasteiger partial charge in [-0.2, -0.15) is 0 Å². The maximum absolute atomic E-state index is 10.1. The van der Waals surface area contributed by atoms with E-state index in [1.807, 2.05) is 0 Å². The standard InChI is InChI=1S/C8H8O2/c1-7(6-9)5-8-3-2-4-10-8/h2-6H,1H3. The summed E-state index contributed by atoms with van der Waals surface area (Å²) in [5.41, 5.74) is 0.662. The van der Waals surface area contributed by atoms with Crippen LogP contribution in [-0.4, -0.2) is 6.29 Å². The number of aldehydes is 1. The molecule has 52 valence electrons. The van der Waals surface area contributed by atoms with Gasteiger partial charge in [0, 0.05) is 0 Å². The molecule has 0 unspecified atom stereocenters. The first kappa shape index (κ1) is 6.81. The van der Waals surface area contributed by atoms with Crippen molar-refractivity contribution in [1.82, 2.24) is 0 Å². The second kappa shape index (κ2) is 3.01. The number of carbonyl (C=O) groups is 1. The molecule has 0 saturated heterocycles. The molecular weight excluding hydrogens is 128 g/mol. The SMILES string of the molecule is CC(C=O)=Cc1ccco1. The normalized spacial score (nSPS) is 11.5. The lowest BCUT2D eigenvalue weighted by atomic mass is 10.3. The van der Waals surface area contributed by atoms with E-state index in [9.17, 15) is 4.79 Å². The molecule has 2 heteroatoms. The van der Waals surface area contributed by atoms with Gasteiger partial charge in [0.25, 0.3) is 0 Å². The number of carbonyl (C=O) groups excluding carboxylic acids is 1. The highest BCUT2D eigenvalue weighted by Gasteiger charge is 1.89.